The summed E-state index contributed by atoms with van der Waals surface area (Å²) in [6.07, 6.45) is 5.41. The van der Waals surface area contributed by atoms with Crippen LogP contribution in [0.15, 0.2) is 23.4 Å². The van der Waals surface area contributed by atoms with Gasteiger partial charge in [0.2, 0.25) is 5.03 Å². The van der Waals surface area contributed by atoms with Crippen LogP contribution in [-0.2, 0) is 10.0 Å². The monoisotopic (exact) mass is 313 g/mol. The molecule has 21 heavy (non-hydrogen) atoms. The van der Waals surface area contributed by atoms with Gasteiger partial charge in [0, 0.05) is 25.3 Å². The van der Waals surface area contributed by atoms with Crippen molar-refractivity contribution in [3.63, 3.8) is 0 Å². The Kier molecular flexibility index (Phi) is 4.24. The van der Waals surface area contributed by atoms with Crippen molar-refractivity contribution in [3.05, 3.63) is 24.1 Å². The van der Waals surface area contributed by atoms with E-state index in [-0.39, 0.29) is 0 Å². The van der Waals surface area contributed by atoms with Crippen LogP contribution in [0.5, 0.6) is 0 Å². The van der Waals surface area contributed by atoms with Gasteiger partial charge in [-0.3, -0.25) is 0 Å². The number of piperidine rings is 1. The van der Waals surface area contributed by atoms with E-state index in [0.29, 0.717) is 19.1 Å². The van der Waals surface area contributed by atoms with Crippen LogP contribution >= 0.6 is 0 Å². The van der Waals surface area contributed by atoms with E-state index >= 15 is 0 Å². The van der Waals surface area contributed by atoms with Gasteiger partial charge in [-0.15, -0.1) is 0 Å². The van der Waals surface area contributed by atoms with Gasteiger partial charge in [0.1, 0.15) is 0 Å². The molecular formula is C14H20FN3O2S. The highest BCUT2D eigenvalue weighted by Gasteiger charge is 2.34. The zero-order valence-electron chi connectivity index (χ0n) is 11.9. The minimum atomic E-state index is -3.81. The van der Waals surface area contributed by atoms with E-state index in [1.807, 2.05) is 0 Å². The topological polar surface area (TPSA) is 53.5 Å². The first-order valence-electron chi connectivity index (χ1n) is 7.44. The summed E-state index contributed by atoms with van der Waals surface area (Å²) < 4.78 is 39.9. The van der Waals surface area contributed by atoms with Crippen molar-refractivity contribution >= 4 is 10.0 Å². The number of halogens is 1. The zero-order chi connectivity index (χ0) is 14.9. The van der Waals surface area contributed by atoms with Crippen molar-refractivity contribution in [3.8, 4) is 0 Å². The lowest BCUT2D eigenvalue weighted by Crippen LogP contribution is -2.46. The molecule has 0 atom stereocenters. The molecule has 0 radical (unpaired) electrons. The smallest absolute Gasteiger partial charge is 0.263 e. The lowest BCUT2D eigenvalue weighted by molar-refractivity contribution is 0.167. The van der Waals surface area contributed by atoms with Gasteiger partial charge in [-0.25, -0.2) is 17.8 Å². The van der Waals surface area contributed by atoms with Crippen molar-refractivity contribution in [2.45, 2.75) is 36.8 Å². The lowest BCUT2D eigenvalue weighted by atomic mass is 10.1. The highest BCUT2D eigenvalue weighted by atomic mass is 32.2. The fourth-order valence-corrected chi connectivity index (χ4v) is 4.68. The maximum Gasteiger partial charge on any atom is 0.263 e. The molecule has 0 aromatic carbocycles. The summed E-state index contributed by atoms with van der Waals surface area (Å²) in [7, 11) is -3.81. The fourth-order valence-electron chi connectivity index (χ4n) is 3.24. The average molecular weight is 313 g/mol. The predicted molar refractivity (Wildman–Crippen MR) is 76.8 cm³/mol. The van der Waals surface area contributed by atoms with Crippen molar-refractivity contribution < 1.29 is 12.8 Å². The van der Waals surface area contributed by atoms with Crippen molar-refractivity contribution in [1.29, 1.82) is 0 Å². The summed E-state index contributed by atoms with van der Waals surface area (Å²) in [5.41, 5.74) is 0. The largest absolute Gasteiger partial charge is 0.300 e. The van der Waals surface area contributed by atoms with Crippen molar-refractivity contribution in [2.24, 2.45) is 0 Å². The molecule has 2 aliphatic heterocycles. The molecule has 0 bridgehead atoms. The van der Waals surface area contributed by atoms with Gasteiger partial charge in [-0.05, 0) is 50.9 Å². The second kappa shape index (κ2) is 5.98. The van der Waals surface area contributed by atoms with Gasteiger partial charge >= 0.3 is 0 Å². The van der Waals surface area contributed by atoms with Gasteiger partial charge < -0.3 is 4.90 Å². The van der Waals surface area contributed by atoms with E-state index < -0.39 is 20.9 Å². The Morgan fingerprint density at radius 2 is 1.81 bits per heavy atom. The normalized spacial score (nSPS) is 22.7. The number of pyridine rings is 1. The Hall–Kier alpha value is -1.05. The molecule has 0 saturated carbocycles. The number of hydrogen-bond acceptors (Lipinski definition) is 4. The first-order valence-corrected chi connectivity index (χ1v) is 8.88. The van der Waals surface area contributed by atoms with Gasteiger partial charge in [0.05, 0.1) is 0 Å². The van der Waals surface area contributed by atoms with Crippen molar-refractivity contribution in [2.75, 3.05) is 26.2 Å². The van der Waals surface area contributed by atoms with Crippen LogP contribution in [0.25, 0.3) is 0 Å². The van der Waals surface area contributed by atoms with E-state index in [2.05, 4.69) is 9.88 Å². The maximum absolute atomic E-state index is 13.7. The van der Waals surface area contributed by atoms with Gasteiger partial charge in [-0.2, -0.15) is 4.31 Å². The minimum absolute atomic E-state index is 0.444. The Labute approximate surface area is 124 Å². The van der Waals surface area contributed by atoms with E-state index in [0.717, 1.165) is 32.0 Å². The second-order valence-corrected chi connectivity index (χ2v) is 7.52. The molecule has 2 aliphatic rings. The molecule has 1 aromatic rings. The van der Waals surface area contributed by atoms with Crippen LogP contribution in [0, 0.1) is 5.82 Å². The van der Waals surface area contributed by atoms with E-state index in [4.69, 9.17) is 0 Å². The summed E-state index contributed by atoms with van der Waals surface area (Å²) >= 11 is 0. The van der Waals surface area contributed by atoms with Crippen LogP contribution in [0.1, 0.15) is 25.7 Å². The fraction of sp³-hybridized carbons (Fsp3) is 0.643. The van der Waals surface area contributed by atoms with E-state index in [1.54, 1.807) is 0 Å². The third-order valence-corrected chi connectivity index (χ3v) is 6.22. The number of sulfonamides is 1. The summed E-state index contributed by atoms with van der Waals surface area (Å²) in [6, 6.07) is 3.00. The quantitative estimate of drug-likeness (QED) is 0.848. The first-order chi connectivity index (χ1) is 10.1. The van der Waals surface area contributed by atoms with Gasteiger partial charge in [0.15, 0.2) is 5.82 Å². The molecule has 5 nitrogen and oxygen atoms in total. The average Bonchev–Trinajstić information content (AvgIpc) is 3.02. The maximum atomic E-state index is 13.7. The Balaban J connectivity index is 1.70. The van der Waals surface area contributed by atoms with Crippen LogP contribution in [0.4, 0.5) is 4.39 Å². The van der Waals surface area contributed by atoms with Gasteiger partial charge in [-0.1, -0.05) is 0 Å². The molecular weight excluding hydrogens is 293 g/mol. The van der Waals surface area contributed by atoms with E-state index in [9.17, 15) is 12.8 Å². The second-order valence-electron chi connectivity index (χ2n) is 5.67. The van der Waals surface area contributed by atoms with Crippen LogP contribution < -0.4 is 0 Å². The molecule has 116 valence electrons. The Morgan fingerprint density at radius 3 is 2.43 bits per heavy atom. The molecule has 1 aromatic heterocycles. The zero-order valence-corrected chi connectivity index (χ0v) is 12.7. The Bertz CT molecular complexity index is 594. The predicted octanol–water partition coefficient (Wildman–Crippen LogP) is 1.47. The molecule has 0 aliphatic carbocycles. The molecule has 2 fully saturated rings. The van der Waals surface area contributed by atoms with Crippen LogP contribution in [-0.4, -0.2) is 54.8 Å². The molecule has 3 rings (SSSR count). The number of aromatic nitrogens is 1. The van der Waals surface area contributed by atoms with E-state index in [1.165, 1.54) is 29.4 Å². The summed E-state index contributed by atoms with van der Waals surface area (Å²) in [4.78, 5) is 6.16. The summed E-state index contributed by atoms with van der Waals surface area (Å²) in [5.74, 6) is -0.779. The number of hydrogen-bond donors (Lipinski definition) is 0. The summed E-state index contributed by atoms with van der Waals surface area (Å²) in [6.45, 7) is 3.12. The summed E-state index contributed by atoms with van der Waals surface area (Å²) in [5, 5.41) is -0.454. The number of rotatable bonds is 3. The molecule has 2 saturated heterocycles. The molecule has 3 heterocycles. The lowest BCUT2D eigenvalue weighted by Gasteiger charge is -2.35. The van der Waals surface area contributed by atoms with Crippen molar-refractivity contribution in [1.82, 2.24) is 14.2 Å². The highest BCUT2D eigenvalue weighted by Crippen LogP contribution is 2.25. The highest BCUT2D eigenvalue weighted by molar-refractivity contribution is 7.89. The third kappa shape index (κ3) is 2.95. The molecule has 0 amide bonds. The Morgan fingerprint density at radius 1 is 1.14 bits per heavy atom. The minimum Gasteiger partial charge on any atom is -0.300 e. The third-order valence-electron chi connectivity index (χ3n) is 4.39. The first kappa shape index (κ1) is 14.9. The molecule has 0 N–H and O–H groups in total. The molecule has 0 spiro atoms. The SMILES string of the molecule is O=S(=O)(c1ncccc1F)N1CCC(N2CCCC2)CC1. The van der Waals surface area contributed by atoms with Gasteiger partial charge in [0.25, 0.3) is 10.0 Å². The number of likely N-dealkylation sites (tertiary alicyclic amines) is 1. The van der Waals surface area contributed by atoms with Crippen LogP contribution in [0.3, 0.4) is 0 Å². The standard InChI is InChI=1S/C14H20FN3O2S/c15-13-4-3-7-16-14(13)21(19,20)18-10-5-12(6-11-18)17-8-1-2-9-17/h3-4,7,12H,1-2,5-6,8-11H2. The van der Waals surface area contributed by atoms with Crippen LogP contribution in [0.2, 0.25) is 0 Å². The molecule has 7 heteroatoms. The molecule has 0 unspecified atom stereocenters. The number of nitrogens with zero attached hydrogens (tertiary/aromatic N) is 3.